The Bertz CT molecular complexity index is 1410. The minimum atomic E-state index is -1.13. The number of amides is 1. The Balaban J connectivity index is 1.68. The number of methoxy groups -OCH3 is 2. The minimum Gasteiger partial charge on any atom is -0.493 e. The lowest BCUT2D eigenvalue weighted by Crippen LogP contribution is -2.23. The predicted molar refractivity (Wildman–Crippen MR) is 140 cm³/mol. The third-order valence-electron chi connectivity index (χ3n) is 6.12. The van der Waals surface area contributed by atoms with Crippen LogP contribution in [0.2, 0.25) is 0 Å². The molecule has 0 fully saturated rings. The van der Waals surface area contributed by atoms with Crippen LogP contribution in [0.3, 0.4) is 0 Å². The maximum atomic E-state index is 14.3. The van der Waals surface area contributed by atoms with Gasteiger partial charge in [-0.3, -0.25) is 9.78 Å². The molecule has 0 saturated heterocycles. The number of aliphatic carboxylic acids is 1. The van der Waals surface area contributed by atoms with Gasteiger partial charge in [0.25, 0.3) is 0 Å². The molecule has 0 atom stereocenters. The van der Waals surface area contributed by atoms with Crippen molar-refractivity contribution in [3.63, 3.8) is 0 Å². The van der Waals surface area contributed by atoms with Crippen molar-refractivity contribution in [1.82, 2.24) is 10.3 Å². The number of nitrogens with one attached hydrogen (secondary N) is 1. The Kier molecular flexibility index (Phi) is 8.06. The number of ether oxygens (including phenoxy) is 3. The number of halogens is 1. The molecule has 8 nitrogen and oxygen atoms in total. The monoisotopic (exact) mass is 518 g/mol. The molecule has 38 heavy (non-hydrogen) atoms. The van der Waals surface area contributed by atoms with Crippen molar-refractivity contribution in [1.29, 1.82) is 0 Å². The number of carbonyl (C=O) groups is 2. The zero-order valence-electron chi connectivity index (χ0n) is 21.2. The fraction of sp³-hybridized carbons (Fsp3) is 0.207. The van der Waals surface area contributed by atoms with E-state index in [2.05, 4.69) is 10.3 Å². The van der Waals surface area contributed by atoms with Crippen molar-refractivity contribution >= 4 is 29.1 Å². The molecular weight excluding hydrogens is 491 g/mol. The summed E-state index contributed by atoms with van der Waals surface area (Å²) in [4.78, 5) is 28.0. The highest BCUT2D eigenvalue weighted by molar-refractivity contribution is 6.08. The normalized spacial score (nSPS) is 13.3. The van der Waals surface area contributed by atoms with Crippen LogP contribution in [0.4, 0.5) is 4.39 Å². The van der Waals surface area contributed by atoms with E-state index in [-0.39, 0.29) is 18.1 Å². The SMILES string of the molecule is COc1cc(/C=C2/C(C)=C(CC(=O)NCc3ccccn3)c3cc(F)ccc32)cc(OC)c1OCC(=O)O. The maximum absolute atomic E-state index is 14.3. The molecule has 1 aliphatic rings. The largest absolute Gasteiger partial charge is 0.493 e. The highest BCUT2D eigenvalue weighted by Crippen LogP contribution is 2.45. The molecule has 1 aliphatic carbocycles. The Hall–Kier alpha value is -4.66. The summed E-state index contributed by atoms with van der Waals surface area (Å²) in [5, 5.41) is 11.9. The van der Waals surface area contributed by atoms with Gasteiger partial charge < -0.3 is 24.6 Å². The second-order valence-corrected chi connectivity index (χ2v) is 8.56. The quantitative estimate of drug-likeness (QED) is 0.399. The van der Waals surface area contributed by atoms with Crippen LogP contribution in [0.5, 0.6) is 17.2 Å². The molecule has 1 aromatic heterocycles. The Labute approximate surface area is 219 Å². The lowest BCUT2D eigenvalue weighted by atomic mass is 10.00. The number of pyridine rings is 1. The molecule has 1 amide bonds. The first-order chi connectivity index (χ1) is 18.3. The van der Waals surface area contributed by atoms with Gasteiger partial charge in [-0.05, 0) is 82.8 Å². The van der Waals surface area contributed by atoms with E-state index < -0.39 is 18.4 Å². The summed E-state index contributed by atoms with van der Waals surface area (Å²) in [5.41, 5.74) is 5.25. The zero-order valence-corrected chi connectivity index (χ0v) is 21.2. The number of carboxylic acids is 1. The summed E-state index contributed by atoms with van der Waals surface area (Å²) in [6.45, 7) is 1.63. The first kappa shape index (κ1) is 26.4. The summed E-state index contributed by atoms with van der Waals surface area (Å²) in [7, 11) is 2.89. The standard InChI is InChI=1S/C29H27FN2O6/c1-17-22(10-18-11-25(36-2)29(26(12-18)37-3)38-16-28(34)35)21-8-7-19(30)13-24(21)23(17)14-27(33)32-15-20-6-4-5-9-31-20/h4-13H,14-16H2,1-3H3,(H,32,33)(H,34,35)/b22-10-. The van der Waals surface area contributed by atoms with Crippen LogP contribution in [0, 0.1) is 5.82 Å². The van der Waals surface area contributed by atoms with Crippen molar-refractivity contribution in [3.05, 3.63) is 88.5 Å². The van der Waals surface area contributed by atoms with Gasteiger partial charge in [0.15, 0.2) is 18.1 Å². The summed E-state index contributed by atoms with van der Waals surface area (Å²) < 4.78 is 30.5. The highest BCUT2D eigenvalue weighted by Gasteiger charge is 2.26. The molecule has 2 N–H and O–H groups in total. The average Bonchev–Trinajstić information content (AvgIpc) is 3.16. The molecule has 0 unspecified atom stereocenters. The number of nitrogens with zero attached hydrogens (tertiary/aromatic N) is 1. The van der Waals surface area contributed by atoms with Crippen LogP contribution in [0.15, 0.2) is 60.3 Å². The number of hydrogen-bond acceptors (Lipinski definition) is 6. The number of carboxylic acid groups (broad SMARTS) is 1. The smallest absolute Gasteiger partial charge is 0.341 e. The molecule has 0 spiro atoms. The molecule has 0 bridgehead atoms. The number of rotatable bonds is 10. The Morgan fingerprint density at radius 1 is 1.05 bits per heavy atom. The van der Waals surface area contributed by atoms with Crippen molar-refractivity contribution < 1.29 is 33.3 Å². The van der Waals surface area contributed by atoms with Crippen LogP contribution in [-0.2, 0) is 16.1 Å². The lowest BCUT2D eigenvalue weighted by Gasteiger charge is -2.15. The summed E-state index contributed by atoms with van der Waals surface area (Å²) >= 11 is 0. The molecule has 0 saturated carbocycles. The van der Waals surface area contributed by atoms with E-state index in [1.165, 1.54) is 26.4 Å². The topological polar surface area (TPSA) is 107 Å². The molecule has 2 aromatic carbocycles. The Morgan fingerprint density at radius 3 is 2.42 bits per heavy atom. The molecule has 0 radical (unpaired) electrons. The van der Waals surface area contributed by atoms with Crippen LogP contribution in [-0.4, -0.2) is 42.8 Å². The van der Waals surface area contributed by atoms with Crippen LogP contribution < -0.4 is 19.5 Å². The third-order valence-corrected chi connectivity index (χ3v) is 6.12. The fourth-order valence-corrected chi connectivity index (χ4v) is 4.32. The summed E-state index contributed by atoms with van der Waals surface area (Å²) in [6, 6.07) is 13.4. The first-order valence-electron chi connectivity index (χ1n) is 11.8. The Morgan fingerprint density at radius 2 is 1.79 bits per heavy atom. The number of carbonyl (C=O) groups excluding carboxylic acids is 1. The second kappa shape index (κ2) is 11.6. The van der Waals surface area contributed by atoms with Crippen LogP contribution in [0.1, 0.15) is 35.7 Å². The van der Waals surface area contributed by atoms with Crippen molar-refractivity contribution in [2.75, 3.05) is 20.8 Å². The molecule has 4 rings (SSSR count). The number of benzene rings is 2. The number of hydrogen-bond donors (Lipinski definition) is 2. The van der Waals surface area contributed by atoms with Gasteiger partial charge in [-0.1, -0.05) is 12.1 Å². The third kappa shape index (κ3) is 5.83. The number of aromatic nitrogens is 1. The first-order valence-corrected chi connectivity index (χ1v) is 11.8. The maximum Gasteiger partial charge on any atom is 0.341 e. The van der Waals surface area contributed by atoms with E-state index in [1.54, 1.807) is 30.5 Å². The van der Waals surface area contributed by atoms with E-state index in [0.717, 1.165) is 28.0 Å². The van der Waals surface area contributed by atoms with Crippen LogP contribution >= 0.6 is 0 Å². The van der Waals surface area contributed by atoms with Crippen molar-refractivity contribution in [3.8, 4) is 17.2 Å². The van der Waals surface area contributed by atoms with Crippen molar-refractivity contribution in [2.24, 2.45) is 0 Å². The predicted octanol–water partition coefficient (Wildman–Crippen LogP) is 4.74. The van der Waals surface area contributed by atoms with Crippen molar-refractivity contribution in [2.45, 2.75) is 19.9 Å². The van der Waals surface area contributed by atoms with E-state index in [0.29, 0.717) is 29.2 Å². The molecule has 1 heterocycles. The van der Waals surface area contributed by atoms with Gasteiger partial charge in [0.1, 0.15) is 5.82 Å². The fourth-order valence-electron chi connectivity index (χ4n) is 4.32. The summed E-state index contributed by atoms with van der Waals surface area (Å²) in [6.07, 6.45) is 3.62. The molecule has 196 valence electrons. The second-order valence-electron chi connectivity index (χ2n) is 8.56. The average molecular weight is 519 g/mol. The minimum absolute atomic E-state index is 0.0705. The van der Waals surface area contributed by atoms with Gasteiger partial charge >= 0.3 is 5.97 Å². The van der Waals surface area contributed by atoms with Gasteiger partial charge in [-0.15, -0.1) is 0 Å². The van der Waals surface area contributed by atoms with Gasteiger partial charge in [0.05, 0.1) is 32.9 Å². The van der Waals surface area contributed by atoms with E-state index in [4.69, 9.17) is 19.3 Å². The molecule has 9 heteroatoms. The van der Waals surface area contributed by atoms with Gasteiger partial charge in [0, 0.05) is 6.20 Å². The number of fused-ring (bicyclic) bond motifs is 1. The van der Waals surface area contributed by atoms with E-state index >= 15 is 0 Å². The van der Waals surface area contributed by atoms with Gasteiger partial charge in [0.2, 0.25) is 11.7 Å². The molecular formula is C29H27FN2O6. The van der Waals surface area contributed by atoms with Crippen LogP contribution in [0.25, 0.3) is 17.2 Å². The zero-order chi connectivity index (χ0) is 27.2. The highest BCUT2D eigenvalue weighted by atomic mass is 19.1. The lowest BCUT2D eigenvalue weighted by molar-refractivity contribution is -0.139. The van der Waals surface area contributed by atoms with E-state index in [1.807, 2.05) is 25.1 Å². The summed E-state index contributed by atoms with van der Waals surface area (Å²) in [5.74, 6) is -0.966. The number of allylic oxidation sites excluding steroid dienone is 2. The van der Waals surface area contributed by atoms with Gasteiger partial charge in [-0.25, -0.2) is 9.18 Å². The van der Waals surface area contributed by atoms with Gasteiger partial charge in [-0.2, -0.15) is 0 Å². The molecule has 0 aliphatic heterocycles. The molecule has 3 aromatic rings. The van der Waals surface area contributed by atoms with E-state index in [9.17, 15) is 14.0 Å².